The zero-order chi connectivity index (χ0) is 9.69. The lowest BCUT2D eigenvalue weighted by molar-refractivity contribution is -0.0686. The molecule has 0 aliphatic carbocycles. The van der Waals surface area contributed by atoms with Crippen molar-refractivity contribution < 1.29 is 19.5 Å². The third-order valence-electron chi connectivity index (χ3n) is 3.20. The number of nitrogens with zero attached hydrogens (tertiary/aromatic N) is 1. The molecule has 3 aliphatic rings. The quantitative estimate of drug-likeness (QED) is 0.509. The van der Waals surface area contributed by atoms with E-state index in [1.165, 1.54) is 0 Å². The van der Waals surface area contributed by atoms with Crippen LogP contribution < -0.4 is 0 Å². The Hall–Kier alpha value is 0.0700. The van der Waals surface area contributed by atoms with E-state index in [1.807, 2.05) is 4.90 Å². The van der Waals surface area contributed by atoms with Gasteiger partial charge in [0, 0.05) is 12.5 Å². The first-order valence-corrected chi connectivity index (χ1v) is 6.05. The molecule has 0 radical (unpaired) electrons. The molecule has 0 saturated carbocycles. The van der Waals surface area contributed by atoms with Gasteiger partial charge in [0.05, 0.1) is 0 Å². The van der Waals surface area contributed by atoms with Gasteiger partial charge >= 0.3 is 7.60 Å². The van der Waals surface area contributed by atoms with E-state index >= 15 is 0 Å². The molecule has 1 atom stereocenters. The average molecular weight is 207 g/mol. The fourth-order valence-corrected chi connectivity index (χ4v) is 3.46. The molecule has 3 fully saturated rings. The highest BCUT2D eigenvalue weighted by molar-refractivity contribution is 7.53. The van der Waals surface area contributed by atoms with Crippen LogP contribution in [-0.4, -0.2) is 44.8 Å². The van der Waals surface area contributed by atoms with Gasteiger partial charge in [0.1, 0.15) is 0 Å². The maximum Gasteiger partial charge on any atom is 0.358 e. The van der Waals surface area contributed by atoms with Crippen LogP contribution in [0.2, 0.25) is 0 Å². The van der Waals surface area contributed by atoms with Crippen molar-refractivity contribution >= 4 is 7.60 Å². The number of aliphatic hydroxyl groups is 1. The van der Waals surface area contributed by atoms with E-state index in [1.54, 1.807) is 0 Å². The minimum Gasteiger partial charge on any atom is -0.376 e. The van der Waals surface area contributed by atoms with Crippen molar-refractivity contribution in [3.63, 3.8) is 0 Å². The SMILES string of the molecule is O=P(O)(O)C1(O)CN2CCC1CC2. The molecule has 3 aliphatic heterocycles. The summed E-state index contributed by atoms with van der Waals surface area (Å²) in [5.41, 5.74) is 0. The summed E-state index contributed by atoms with van der Waals surface area (Å²) < 4.78 is 11.1. The lowest BCUT2D eigenvalue weighted by Crippen LogP contribution is -2.58. The molecule has 1 unspecified atom stereocenters. The summed E-state index contributed by atoms with van der Waals surface area (Å²) in [4.78, 5) is 20.0. The first-order valence-electron chi connectivity index (χ1n) is 4.44. The molecule has 76 valence electrons. The summed E-state index contributed by atoms with van der Waals surface area (Å²) in [5, 5.41) is 8.12. The highest BCUT2D eigenvalue weighted by atomic mass is 31.2. The molecule has 0 aromatic carbocycles. The molecule has 3 N–H and O–H groups in total. The van der Waals surface area contributed by atoms with E-state index in [0.717, 1.165) is 13.1 Å². The Kier molecular flexibility index (Phi) is 2.06. The average Bonchev–Trinajstić information content (AvgIpc) is 2.04. The Bertz CT molecular complexity index is 257. The Morgan fingerprint density at radius 3 is 2.08 bits per heavy atom. The first-order chi connectivity index (χ1) is 5.93. The molecule has 0 spiro atoms. The van der Waals surface area contributed by atoms with Crippen LogP contribution in [0.15, 0.2) is 0 Å². The van der Waals surface area contributed by atoms with Crippen molar-refractivity contribution in [1.82, 2.24) is 4.90 Å². The second-order valence-electron chi connectivity index (χ2n) is 3.97. The minimum absolute atomic E-state index is 0.127. The van der Waals surface area contributed by atoms with Crippen LogP contribution >= 0.6 is 7.60 Å². The van der Waals surface area contributed by atoms with Crippen LogP contribution in [0.3, 0.4) is 0 Å². The maximum absolute atomic E-state index is 11.1. The molecular weight excluding hydrogens is 193 g/mol. The van der Waals surface area contributed by atoms with Gasteiger partial charge in [0.15, 0.2) is 5.34 Å². The monoisotopic (exact) mass is 207 g/mol. The minimum atomic E-state index is -4.38. The van der Waals surface area contributed by atoms with Crippen molar-refractivity contribution in [2.75, 3.05) is 19.6 Å². The van der Waals surface area contributed by atoms with Crippen LogP contribution in [0, 0.1) is 5.92 Å². The van der Waals surface area contributed by atoms with E-state index in [0.29, 0.717) is 12.8 Å². The standard InChI is InChI=1S/C7H14NO4P/c9-7(13(10,11)12)5-8-3-1-6(7)2-4-8/h6,9H,1-5H2,(H2,10,11,12). The molecule has 2 bridgehead atoms. The summed E-state index contributed by atoms with van der Waals surface area (Å²) in [6.45, 7) is 1.84. The molecule has 0 aromatic heterocycles. The van der Waals surface area contributed by atoms with Gasteiger partial charge in [0.2, 0.25) is 0 Å². The number of rotatable bonds is 1. The molecule has 3 heterocycles. The molecule has 5 nitrogen and oxygen atoms in total. The fraction of sp³-hybridized carbons (Fsp3) is 1.00. The summed E-state index contributed by atoms with van der Waals surface area (Å²) in [6, 6.07) is 0. The van der Waals surface area contributed by atoms with Gasteiger partial charge in [-0.05, 0) is 25.9 Å². The van der Waals surface area contributed by atoms with E-state index in [4.69, 9.17) is 9.79 Å². The van der Waals surface area contributed by atoms with Crippen LogP contribution in [-0.2, 0) is 4.57 Å². The van der Waals surface area contributed by atoms with Gasteiger partial charge < -0.3 is 14.9 Å². The van der Waals surface area contributed by atoms with Crippen LogP contribution in [0.4, 0.5) is 0 Å². The zero-order valence-corrected chi connectivity index (χ0v) is 8.15. The third-order valence-corrected chi connectivity index (χ3v) is 4.72. The van der Waals surface area contributed by atoms with E-state index in [-0.39, 0.29) is 12.5 Å². The largest absolute Gasteiger partial charge is 0.376 e. The van der Waals surface area contributed by atoms with Crippen LogP contribution in [0.5, 0.6) is 0 Å². The van der Waals surface area contributed by atoms with E-state index in [9.17, 15) is 9.67 Å². The van der Waals surface area contributed by atoms with Crippen molar-refractivity contribution in [2.45, 2.75) is 18.2 Å². The van der Waals surface area contributed by atoms with E-state index in [2.05, 4.69) is 0 Å². The molecule has 6 heteroatoms. The predicted molar refractivity (Wildman–Crippen MR) is 46.2 cm³/mol. The second-order valence-corrected chi connectivity index (χ2v) is 5.84. The van der Waals surface area contributed by atoms with Gasteiger partial charge in [-0.15, -0.1) is 0 Å². The van der Waals surface area contributed by atoms with E-state index < -0.39 is 12.9 Å². The van der Waals surface area contributed by atoms with Crippen molar-refractivity contribution in [1.29, 1.82) is 0 Å². The Labute approximate surface area is 76.5 Å². The third kappa shape index (κ3) is 1.35. The molecular formula is C7H14NO4P. The highest BCUT2D eigenvalue weighted by Crippen LogP contribution is 2.57. The summed E-state index contributed by atoms with van der Waals surface area (Å²) in [6.07, 6.45) is 1.39. The lowest BCUT2D eigenvalue weighted by atomic mass is 9.85. The van der Waals surface area contributed by atoms with Gasteiger partial charge in [-0.1, -0.05) is 0 Å². The van der Waals surface area contributed by atoms with Gasteiger partial charge in [-0.25, -0.2) is 0 Å². The number of hydrogen-bond acceptors (Lipinski definition) is 3. The zero-order valence-electron chi connectivity index (χ0n) is 7.26. The molecule has 3 saturated heterocycles. The van der Waals surface area contributed by atoms with Crippen molar-refractivity contribution in [2.24, 2.45) is 5.92 Å². The van der Waals surface area contributed by atoms with Gasteiger partial charge in [0.25, 0.3) is 0 Å². The topological polar surface area (TPSA) is 81.0 Å². The Balaban J connectivity index is 2.29. The summed E-state index contributed by atoms with van der Waals surface area (Å²) in [7, 11) is -4.38. The van der Waals surface area contributed by atoms with Gasteiger partial charge in [-0.3, -0.25) is 9.46 Å². The molecule has 0 aromatic rings. The number of piperidine rings is 3. The lowest BCUT2D eigenvalue weighted by Gasteiger charge is -2.49. The number of hydrogen-bond donors (Lipinski definition) is 3. The number of fused-ring (bicyclic) bond motifs is 3. The van der Waals surface area contributed by atoms with Crippen molar-refractivity contribution in [3.05, 3.63) is 0 Å². The van der Waals surface area contributed by atoms with Crippen LogP contribution in [0.1, 0.15) is 12.8 Å². The van der Waals surface area contributed by atoms with Gasteiger partial charge in [-0.2, -0.15) is 0 Å². The summed E-state index contributed by atoms with van der Waals surface area (Å²) in [5.74, 6) is -0.224. The molecule has 3 rings (SSSR count). The Morgan fingerprint density at radius 2 is 1.85 bits per heavy atom. The second kappa shape index (κ2) is 2.78. The fourth-order valence-electron chi connectivity index (χ4n) is 2.34. The van der Waals surface area contributed by atoms with Crippen molar-refractivity contribution in [3.8, 4) is 0 Å². The highest BCUT2D eigenvalue weighted by Gasteiger charge is 2.56. The maximum atomic E-state index is 11.1. The summed E-state index contributed by atoms with van der Waals surface area (Å²) >= 11 is 0. The molecule has 0 amide bonds. The Morgan fingerprint density at radius 1 is 1.31 bits per heavy atom. The molecule has 13 heavy (non-hydrogen) atoms. The first kappa shape index (κ1) is 9.62. The van der Waals surface area contributed by atoms with Crippen LogP contribution in [0.25, 0.3) is 0 Å². The predicted octanol–water partition coefficient (Wildman–Crippen LogP) is -0.422. The normalized spacial score (nSPS) is 45.2. The smallest absolute Gasteiger partial charge is 0.358 e.